The largest absolute Gasteiger partial charge is 0.321 e. The molecule has 0 radical (unpaired) electrons. The van der Waals surface area contributed by atoms with Crippen molar-refractivity contribution in [3.8, 4) is 0 Å². The average molecular weight is 403 g/mol. The van der Waals surface area contributed by atoms with Gasteiger partial charge < -0.3 is 10.2 Å². The van der Waals surface area contributed by atoms with Crippen molar-refractivity contribution < 1.29 is 14.1 Å². The number of hydrogen-bond donors (Lipinski definition) is 2. The molecule has 1 aliphatic rings. The molecule has 0 bridgehead atoms. The average Bonchev–Trinajstić information content (AvgIpc) is 3.37. The fourth-order valence-electron chi connectivity index (χ4n) is 2.76. The SMILES string of the molecule is O=C(C[NH+](Cc1ccc(F)cc1)C1CC1)Nc1c(Cl)cc(Cl)cc1Cl. The monoisotopic (exact) mass is 401 g/mol. The van der Waals surface area contributed by atoms with Crippen LogP contribution in [0.2, 0.25) is 15.1 Å². The van der Waals surface area contributed by atoms with Gasteiger partial charge in [0.15, 0.2) is 6.54 Å². The van der Waals surface area contributed by atoms with E-state index in [0.717, 1.165) is 23.3 Å². The maximum absolute atomic E-state index is 13.0. The molecular formula is C18H17Cl3FN2O+. The molecule has 3 nitrogen and oxygen atoms in total. The predicted octanol–water partition coefficient (Wildman–Crippen LogP) is 3.97. The summed E-state index contributed by atoms with van der Waals surface area (Å²) in [6.45, 7) is 0.956. The summed E-state index contributed by atoms with van der Waals surface area (Å²) < 4.78 is 13.0. The molecule has 0 heterocycles. The lowest BCUT2D eigenvalue weighted by Gasteiger charge is -2.19. The minimum atomic E-state index is -0.263. The molecule has 1 atom stereocenters. The van der Waals surface area contributed by atoms with Crippen LogP contribution in [0.5, 0.6) is 0 Å². The number of benzene rings is 2. The summed E-state index contributed by atoms with van der Waals surface area (Å²) in [5, 5.41) is 3.79. The van der Waals surface area contributed by atoms with Crippen LogP contribution in [-0.4, -0.2) is 18.5 Å². The van der Waals surface area contributed by atoms with Crippen LogP contribution in [0.15, 0.2) is 36.4 Å². The fourth-order valence-corrected chi connectivity index (χ4v) is 3.67. The highest BCUT2D eigenvalue weighted by Gasteiger charge is 2.34. The topological polar surface area (TPSA) is 33.5 Å². The molecule has 132 valence electrons. The zero-order valence-corrected chi connectivity index (χ0v) is 15.6. The quantitative estimate of drug-likeness (QED) is 0.753. The van der Waals surface area contributed by atoms with Gasteiger partial charge in [-0.15, -0.1) is 0 Å². The maximum atomic E-state index is 13.0. The van der Waals surface area contributed by atoms with Crippen LogP contribution >= 0.6 is 34.8 Å². The van der Waals surface area contributed by atoms with Crippen LogP contribution < -0.4 is 10.2 Å². The zero-order chi connectivity index (χ0) is 18.0. The lowest BCUT2D eigenvalue weighted by atomic mass is 10.2. The van der Waals surface area contributed by atoms with Crippen molar-refractivity contribution in [1.29, 1.82) is 0 Å². The molecule has 1 saturated carbocycles. The van der Waals surface area contributed by atoms with Gasteiger partial charge in [-0.25, -0.2) is 4.39 Å². The van der Waals surface area contributed by atoms with E-state index < -0.39 is 0 Å². The first-order valence-electron chi connectivity index (χ1n) is 7.96. The second kappa shape index (κ2) is 7.92. The van der Waals surface area contributed by atoms with Gasteiger partial charge in [-0.1, -0.05) is 46.9 Å². The van der Waals surface area contributed by atoms with Gasteiger partial charge in [0.1, 0.15) is 12.4 Å². The number of rotatable bonds is 6. The Bertz CT molecular complexity index is 755. The van der Waals surface area contributed by atoms with Gasteiger partial charge in [-0.3, -0.25) is 4.79 Å². The summed E-state index contributed by atoms with van der Waals surface area (Å²) >= 11 is 18.1. The highest BCUT2D eigenvalue weighted by Crippen LogP contribution is 2.33. The molecule has 1 unspecified atom stereocenters. The minimum Gasteiger partial charge on any atom is -0.321 e. The van der Waals surface area contributed by atoms with Crippen molar-refractivity contribution in [3.63, 3.8) is 0 Å². The number of anilines is 1. The van der Waals surface area contributed by atoms with E-state index in [1.165, 1.54) is 24.3 Å². The first-order chi connectivity index (χ1) is 11.9. The Morgan fingerprint density at radius 3 is 2.28 bits per heavy atom. The Labute approximate surface area is 160 Å². The van der Waals surface area contributed by atoms with Gasteiger partial charge in [0.05, 0.1) is 21.8 Å². The number of amides is 1. The van der Waals surface area contributed by atoms with Crippen molar-refractivity contribution in [2.24, 2.45) is 0 Å². The van der Waals surface area contributed by atoms with E-state index in [-0.39, 0.29) is 18.3 Å². The van der Waals surface area contributed by atoms with Gasteiger partial charge in [0, 0.05) is 23.4 Å². The zero-order valence-electron chi connectivity index (χ0n) is 13.3. The van der Waals surface area contributed by atoms with Gasteiger partial charge in [-0.2, -0.15) is 0 Å². The third-order valence-corrected chi connectivity index (χ3v) is 4.97. The summed E-state index contributed by atoms with van der Waals surface area (Å²) in [6, 6.07) is 9.90. The Balaban J connectivity index is 1.66. The minimum absolute atomic E-state index is 0.171. The van der Waals surface area contributed by atoms with Gasteiger partial charge in [0.2, 0.25) is 0 Å². The Kier molecular flexibility index (Phi) is 5.85. The third-order valence-electron chi connectivity index (χ3n) is 4.16. The molecule has 0 aliphatic heterocycles. The molecule has 1 fully saturated rings. The van der Waals surface area contributed by atoms with Crippen molar-refractivity contribution >= 4 is 46.4 Å². The van der Waals surface area contributed by atoms with E-state index in [2.05, 4.69) is 5.32 Å². The maximum Gasteiger partial charge on any atom is 0.279 e. The molecule has 0 saturated heterocycles. The molecule has 3 rings (SSSR count). The normalized spacial score (nSPS) is 15.0. The highest BCUT2D eigenvalue weighted by molar-refractivity contribution is 6.42. The van der Waals surface area contributed by atoms with Crippen LogP contribution in [0.25, 0.3) is 0 Å². The van der Waals surface area contributed by atoms with Crippen molar-refractivity contribution in [2.45, 2.75) is 25.4 Å². The first kappa shape index (κ1) is 18.5. The second-order valence-corrected chi connectivity index (χ2v) is 7.46. The molecule has 7 heteroatoms. The number of carbonyl (C=O) groups excluding carboxylic acids is 1. The van der Waals surface area contributed by atoms with E-state index in [1.54, 1.807) is 12.1 Å². The molecule has 0 spiro atoms. The van der Waals surface area contributed by atoms with Crippen LogP contribution in [0.4, 0.5) is 10.1 Å². The number of nitrogens with one attached hydrogen (secondary N) is 2. The Hall–Kier alpha value is -1.33. The van der Waals surface area contributed by atoms with E-state index in [0.29, 0.717) is 33.3 Å². The Morgan fingerprint density at radius 1 is 1.12 bits per heavy atom. The van der Waals surface area contributed by atoms with Crippen molar-refractivity contribution in [3.05, 3.63) is 62.8 Å². The molecule has 1 aliphatic carbocycles. The van der Waals surface area contributed by atoms with Crippen molar-refractivity contribution in [2.75, 3.05) is 11.9 Å². The summed E-state index contributed by atoms with van der Waals surface area (Å²) in [6.07, 6.45) is 2.18. The van der Waals surface area contributed by atoms with E-state index in [1.807, 2.05) is 0 Å². The third kappa shape index (κ3) is 5.08. The van der Waals surface area contributed by atoms with Crippen LogP contribution in [0.3, 0.4) is 0 Å². The second-order valence-electron chi connectivity index (χ2n) is 6.21. The number of quaternary nitrogens is 1. The summed E-state index contributed by atoms with van der Waals surface area (Å²) in [7, 11) is 0. The lowest BCUT2D eigenvalue weighted by Crippen LogP contribution is -3.13. The van der Waals surface area contributed by atoms with E-state index in [9.17, 15) is 9.18 Å². The molecule has 2 aromatic rings. The predicted molar refractivity (Wildman–Crippen MR) is 99.1 cm³/mol. The molecule has 25 heavy (non-hydrogen) atoms. The fraction of sp³-hybridized carbons (Fsp3) is 0.278. The van der Waals surface area contributed by atoms with Crippen molar-refractivity contribution in [1.82, 2.24) is 0 Å². The van der Waals surface area contributed by atoms with Crippen LogP contribution in [-0.2, 0) is 11.3 Å². The molecule has 1 amide bonds. The van der Waals surface area contributed by atoms with Gasteiger partial charge in [0.25, 0.3) is 5.91 Å². The van der Waals surface area contributed by atoms with E-state index in [4.69, 9.17) is 34.8 Å². The number of halogens is 4. The van der Waals surface area contributed by atoms with Gasteiger partial charge in [-0.05, 0) is 24.3 Å². The lowest BCUT2D eigenvalue weighted by molar-refractivity contribution is -0.916. The summed E-state index contributed by atoms with van der Waals surface area (Å²) in [5.74, 6) is -0.434. The molecule has 2 aromatic carbocycles. The van der Waals surface area contributed by atoms with Crippen LogP contribution in [0.1, 0.15) is 18.4 Å². The van der Waals surface area contributed by atoms with Gasteiger partial charge >= 0.3 is 0 Å². The number of carbonyl (C=O) groups is 1. The summed E-state index contributed by atoms with van der Waals surface area (Å²) in [5.41, 5.74) is 1.37. The summed E-state index contributed by atoms with van der Waals surface area (Å²) in [4.78, 5) is 13.6. The molecule has 0 aromatic heterocycles. The molecular weight excluding hydrogens is 386 g/mol. The van der Waals surface area contributed by atoms with E-state index >= 15 is 0 Å². The first-order valence-corrected chi connectivity index (χ1v) is 9.09. The number of hydrogen-bond acceptors (Lipinski definition) is 1. The smallest absolute Gasteiger partial charge is 0.279 e. The highest BCUT2D eigenvalue weighted by atomic mass is 35.5. The Morgan fingerprint density at radius 2 is 1.72 bits per heavy atom. The molecule has 2 N–H and O–H groups in total. The van der Waals surface area contributed by atoms with Crippen LogP contribution in [0, 0.1) is 5.82 Å². The standard InChI is InChI=1S/C18H16Cl3FN2O/c19-12-7-15(20)18(16(21)8-12)23-17(25)10-24(14-5-6-14)9-11-1-3-13(22)4-2-11/h1-4,7-8,14H,5-6,9-10H2,(H,23,25)/p+1.